The molecular formula is C16H24FN3O4. The predicted octanol–water partition coefficient (Wildman–Crippen LogP) is 3.21. The summed E-state index contributed by atoms with van der Waals surface area (Å²) in [6, 6.07) is 0. The van der Waals surface area contributed by atoms with Crippen LogP contribution in [-0.2, 0) is 9.47 Å². The molecule has 1 aromatic rings. The van der Waals surface area contributed by atoms with Crippen LogP contribution < -0.4 is 11.0 Å². The van der Waals surface area contributed by atoms with Crippen LogP contribution >= 0.6 is 0 Å². The number of carbonyl (C=O) groups excluding carboxylic acids is 1. The summed E-state index contributed by atoms with van der Waals surface area (Å²) in [4.78, 5) is 27.2. The van der Waals surface area contributed by atoms with E-state index < -0.39 is 29.6 Å². The molecule has 2 rings (SSSR count). The largest absolute Gasteiger partial charge is 0.449 e. The minimum atomic E-state index is -0.821. The molecule has 1 aliphatic heterocycles. The van der Waals surface area contributed by atoms with Crippen molar-refractivity contribution in [2.24, 2.45) is 0 Å². The summed E-state index contributed by atoms with van der Waals surface area (Å²) in [6.07, 6.45) is 4.72. The lowest BCUT2D eigenvalue weighted by Crippen LogP contribution is -2.29. The molecule has 7 nitrogen and oxygen atoms in total. The van der Waals surface area contributed by atoms with E-state index in [1.165, 1.54) is 0 Å². The predicted molar refractivity (Wildman–Crippen MR) is 86.4 cm³/mol. The van der Waals surface area contributed by atoms with E-state index in [0.717, 1.165) is 42.9 Å². The Hall–Kier alpha value is -1.96. The molecule has 134 valence electrons. The quantitative estimate of drug-likeness (QED) is 0.770. The van der Waals surface area contributed by atoms with Crippen molar-refractivity contribution in [3.8, 4) is 0 Å². The van der Waals surface area contributed by atoms with Crippen LogP contribution in [0.2, 0.25) is 0 Å². The van der Waals surface area contributed by atoms with E-state index in [9.17, 15) is 14.0 Å². The van der Waals surface area contributed by atoms with Crippen molar-refractivity contribution in [2.75, 3.05) is 11.9 Å². The number of hydrogen-bond donors (Lipinski definition) is 1. The van der Waals surface area contributed by atoms with Gasteiger partial charge in [-0.05, 0) is 25.7 Å². The number of carbonyl (C=O) groups is 1. The van der Waals surface area contributed by atoms with Crippen molar-refractivity contribution < 1.29 is 18.7 Å². The molecule has 2 heterocycles. The Kier molecular flexibility index (Phi) is 6.72. The van der Waals surface area contributed by atoms with E-state index >= 15 is 0 Å². The summed E-state index contributed by atoms with van der Waals surface area (Å²) < 4.78 is 25.8. The van der Waals surface area contributed by atoms with Gasteiger partial charge in [-0.3, -0.25) is 9.88 Å². The summed E-state index contributed by atoms with van der Waals surface area (Å²) in [5.74, 6) is -1.23. The fraction of sp³-hybridized carbons (Fsp3) is 0.688. The van der Waals surface area contributed by atoms with Gasteiger partial charge in [-0.15, -0.1) is 0 Å². The number of unbranched alkanes of at least 4 members (excludes halogenated alkanes) is 2. The second kappa shape index (κ2) is 8.77. The van der Waals surface area contributed by atoms with Gasteiger partial charge in [0.15, 0.2) is 11.6 Å². The van der Waals surface area contributed by atoms with E-state index in [0.29, 0.717) is 6.42 Å². The van der Waals surface area contributed by atoms with Crippen molar-refractivity contribution in [1.82, 2.24) is 9.55 Å². The number of nitrogens with one attached hydrogen (secondary N) is 1. The van der Waals surface area contributed by atoms with Gasteiger partial charge in [-0.25, -0.2) is 14.0 Å². The maximum absolute atomic E-state index is 14.1. The summed E-state index contributed by atoms with van der Waals surface area (Å²) in [5, 5.41) is 2.16. The average Bonchev–Trinajstić information content (AvgIpc) is 3.03. The standard InChI is InChI=1S/C16H24FN3O4/c1-3-5-6-9-23-16(22)19-14-12(17)10-20(15(21)18-14)13-8-7-11(4-2)24-13/h10-11,13H,3-9H2,1-2H3,(H,18,19,21,22)/t11-,13-/m1/s1. The Morgan fingerprint density at radius 1 is 1.46 bits per heavy atom. The highest BCUT2D eigenvalue weighted by Gasteiger charge is 2.27. The van der Waals surface area contributed by atoms with Gasteiger partial charge in [-0.1, -0.05) is 26.7 Å². The number of rotatable bonds is 7. The highest BCUT2D eigenvalue weighted by Crippen LogP contribution is 2.28. The molecule has 8 heteroatoms. The fourth-order valence-corrected chi connectivity index (χ4v) is 2.58. The fourth-order valence-electron chi connectivity index (χ4n) is 2.58. The highest BCUT2D eigenvalue weighted by atomic mass is 19.1. The SMILES string of the molecule is CCCCCOC(=O)Nc1nc(=O)n([C@H]2CC[C@@H](CC)O2)cc1F. The van der Waals surface area contributed by atoms with Crippen LogP contribution in [0.4, 0.5) is 15.0 Å². The molecule has 1 saturated heterocycles. The van der Waals surface area contributed by atoms with Crippen LogP contribution in [0.25, 0.3) is 0 Å². The third-order valence-corrected chi connectivity index (χ3v) is 3.96. The number of hydrogen-bond acceptors (Lipinski definition) is 5. The molecule has 0 spiro atoms. The van der Waals surface area contributed by atoms with Crippen LogP contribution in [0.3, 0.4) is 0 Å². The first kappa shape index (κ1) is 18.4. The third-order valence-electron chi connectivity index (χ3n) is 3.96. The zero-order valence-electron chi connectivity index (χ0n) is 14.1. The Morgan fingerprint density at radius 3 is 2.92 bits per heavy atom. The van der Waals surface area contributed by atoms with Gasteiger partial charge >= 0.3 is 11.8 Å². The van der Waals surface area contributed by atoms with E-state index in [2.05, 4.69) is 10.3 Å². The van der Waals surface area contributed by atoms with Gasteiger partial charge in [0.25, 0.3) is 0 Å². The first-order chi connectivity index (χ1) is 11.5. The maximum atomic E-state index is 14.1. The zero-order chi connectivity index (χ0) is 17.5. The molecular weight excluding hydrogens is 317 g/mol. The second-order valence-corrected chi connectivity index (χ2v) is 5.79. The summed E-state index contributed by atoms with van der Waals surface area (Å²) in [5.41, 5.74) is -0.667. The lowest BCUT2D eigenvalue weighted by atomic mass is 10.2. The molecule has 1 aliphatic rings. The molecule has 0 bridgehead atoms. The Bertz CT molecular complexity index is 620. The third kappa shape index (κ3) is 4.77. The van der Waals surface area contributed by atoms with Gasteiger partial charge < -0.3 is 9.47 Å². The van der Waals surface area contributed by atoms with Gasteiger partial charge in [-0.2, -0.15) is 4.98 Å². The van der Waals surface area contributed by atoms with E-state index in [-0.39, 0.29) is 12.7 Å². The van der Waals surface area contributed by atoms with E-state index in [4.69, 9.17) is 9.47 Å². The molecule has 0 saturated carbocycles. The first-order valence-corrected chi connectivity index (χ1v) is 8.43. The van der Waals surface area contributed by atoms with Gasteiger partial charge in [0.05, 0.1) is 18.9 Å². The maximum Gasteiger partial charge on any atom is 0.412 e. The van der Waals surface area contributed by atoms with E-state index in [1.54, 1.807) is 0 Å². The van der Waals surface area contributed by atoms with Gasteiger partial charge in [0, 0.05) is 0 Å². The first-order valence-electron chi connectivity index (χ1n) is 8.43. The average molecular weight is 341 g/mol. The normalized spacial score (nSPS) is 20.1. The number of amides is 1. The van der Waals surface area contributed by atoms with E-state index in [1.807, 2.05) is 13.8 Å². The topological polar surface area (TPSA) is 82.5 Å². The van der Waals surface area contributed by atoms with Crippen molar-refractivity contribution in [3.63, 3.8) is 0 Å². The lowest BCUT2D eigenvalue weighted by Gasteiger charge is -2.15. The Labute approximate surface area is 140 Å². The summed E-state index contributed by atoms with van der Waals surface area (Å²) in [6.45, 7) is 4.27. The van der Waals surface area contributed by atoms with Gasteiger partial charge in [0.2, 0.25) is 0 Å². The lowest BCUT2D eigenvalue weighted by molar-refractivity contribution is -0.00242. The Balaban J connectivity index is 1.99. The van der Waals surface area contributed by atoms with Crippen molar-refractivity contribution in [3.05, 3.63) is 22.5 Å². The minimum Gasteiger partial charge on any atom is -0.449 e. The summed E-state index contributed by atoms with van der Waals surface area (Å²) >= 11 is 0. The molecule has 1 fully saturated rings. The molecule has 0 aliphatic carbocycles. The van der Waals surface area contributed by atoms with Crippen LogP contribution in [0.1, 0.15) is 58.6 Å². The highest BCUT2D eigenvalue weighted by molar-refractivity contribution is 5.83. The van der Waals surface area contributed by atoms with Crippen LogP contribution in [0, 0.1) is 5.82 Å². The Morgan fingerprint density at radius 2 is 2.25 bits per heavy atom. The van der Waals surface area contributed by atoms with Crippen LogP contribution in [0.5, 0.6) is 0 Å². The molecule has 0 unspecified atom stereocenters. The molecule has 24 heavy (non-hydrogen) atoms. The number of anilines is 1. The van der Waals surface area contributed by atoms with Gasteiger partial charge in [0.1, 0.15) is 6.23 Å². The molecule has 1 amide bonds. The smallest absolute Gasteiger partial charge is 0.412 e. The monoisotopic (exact) mass is 341 g/mol. The zero-order valence-corrected chi connectivity index (χ0v) is 14.1. The molecule has 2 atom stereocenters. The van der Waals surface area contributed by atoms with Crippen molar-refractivity contribution in [1.29, 1.82) is 0 Å². The second-order valence-electron chi connectivity index (χ2n) is 5.79. The minimum absolute atomic E-state index is 0.0702. The van der Waals surface area contributed by atoms with Crippen LogP contribution in [0.15, 0.2) is 11.0 Å². The molecule has 1 N–H and O–H groups in total. The number of halogens is 1. The number of aromatic nitrogens is 2. The molecule has 1 aromatic heterocycles. The number of nitrogens with zero attached hydrogens (tertiary/aromatic N) is 2. The molecule has 0 radical (unpaired) electrons. The van der Waals surface area contributed by atoms with Crippen molar-refractivity contribution in [2.45, 2.75) is 64.7 Å². The molecule has 0 aromatic carbocycles. The summed E-state index contributed by atoms with van der Waals surface area (Å²) in [7, 11) is 0. The number of ether oxygens (including phenoxy) is 2. The van der Waals surface area contributed by atoms with Crippen LogP contribution in [-0.4, -0.2) is 28.4 Å². The van der Waals surface area contributed by atoms with Crippen molar-refractivity contribution >= 4 is 11.9 Å².